The first kappa shape index (κ1) is 52.7. The minimum Gasteiger partial charge on any atom is -0.457 e. The van der Waals surface area contributed by atoms with Gasteiger partial charge in [-0.3, -0.25) is 4.57 Å². The highest BCUT2D eigenvalue weighted by Gasteiger charge is 2.30. The highest BCUT2D eigenvalue weighted by molar-refractivity contribution is 6.23. The highest BCUT2D eigenvalue weighted by atomic mass is 16.5. The Morgan fingerprint density at radius 2 is 1.00 bits per heavy atom. The molecule has 0 saturated carbocycles. The van der Waals surface area contributed by atoms with Crippen LogP contribution in [0.4, 0.5) is 11.4 Å². The molecule has 5 heteroatoms. The first-order valence-corrected chi connectivity index (χ1v) is 29.2. The zero-order valence-electron chi connectivity index (χ0n) is 50.0. The molecule has 0 atom stereocenters. The van der Waals surface area contributed by atoms with E-state index < -0.39 is 0 Å². The van der Waals surface area contributed by atoms with Crippen molar-refractivity contribution < 1.29 is 4.74 Å². The van der Waals surface area contributed by atoms with Crippen LogP contribution in [0.5, 0.6) is 11.5 Å². The van der Waals surface area contributed by atoms with E-state index in [1.54, 1.807) is 0 Å². The number of ether oxygens (including phenoxy) is 1. The third-order valence-electron chi connectivity index (χ3n) is 17.2. The molecule has 0 bridgehead atoms. The number of anilines is 2. The molecule has 5 nitrogen and oxygen atoms in total. The Morgan fingerprint density at radius 1 is 0.402 bits per heavy atom. The molecule has 408 valence electrons. The molecule has 9 aromatic carbocycles. The van der Waals surface area contributed by atoms with E-state index in [-0.39, 0.29) is 21.7 Å². The maximum Gasteiger partial charge on any atom is 0.137 e. The van der Waals surface area contributed by atoms with Gasteiger partial charge in [-0.05, 0) is 156 Å². The van der Waals surface area contributed by atoms with Crippen LogP contribution in [0.15, 0.2) is 200 Å². The summed E-state index contributed by atoms with van der Waals surface area (Å²) in [7, 11) is 0. The van der Waals surface area contributed by atoms with E-state index in [2.05, 4.69) is 298 Å². The quantitative estimate of drug-likeness (QED) is 0.166. The van der Waals surface area contributed by atoms with Crippen molar-refractivity contribution in [3.05, 3.63) is 228 Å². The number of hydrogen-bond acceptors (Lipinski definition) is 3. The van der Waals surface area contributed by atoms with E-state index in [9.17, 15) is 0 Å². The predicted octanol–water partition coefficient (Wildman–Crippen LogP) is 21.5. The Morgan fingerprint density at radius 3 is 1.71 bits per heavy atom. The molecule has 0 spiro atoms. The predicted molar refractivity (Wildman–Crippen MR) is 350 cm³/mol. The smallest absolute Gasteiger partial charge is 0.137 e. The SMILES string of the molecule is Cc1c(Oc2cccc(N3Cn4c5c(-c6cc(C(C)(C)C)cc(C(C)(C)C)c6)cc(C(C)(C)C)cc5c5ccccc5c5cc(-c6ccccc6)ccc5c5cccc3c54)c2)ccc2c3ccccc3n(-c3cc(C(C)(C)C)ccn3)c12. The second-order valence-electron chi connectivity index (χ2n) is 27.0. The summed E-state index contributed by atoms with van der Waals surface area (Å²) in [5.74, 6) is 2.47. The van der Waals surface area contributed by atoms with Gasteiger partial charge in [-0.25, -0.2) is 4.98 Å². The van der Waals surface area contributed by atoms with Gasteiger partial charge in [-0.1, -0.05) is 204 Å². The molecule has 12 aromatic rings. The van der Waals surface area contributed by atoms with E-state index in [1.807, 2.05) is 6.20 Å². The summed E-state index contributed by atoms with van der Waals surface area (Å²) < 4.78 is 12.1. The number of nitrogens with zero attached hydrogens (tertiary/aromatic N) is 4. The lowest BCUT2D eigenvalue weighted by Crippen LogP contribution is -2.17. The van der Waals surface area contributed by atoms with Gasteiger partial charge in [-0.15, -0.1) is 0 Å². The number of pyridine rings is 1. The van der Waals surface area contributed by atoms with Gasteiger partial charge in [0.25, 0.3) is 0 Å². The topological polar surface area (TPSA) is 35.2 Å². The molecule has 0 saturated heterocycles. The summed E-state index contributed by atoms with van der Waals surface area (Å²) in [5.41, 5.74) is 17.5. The molecule has 82 heavy (non-hydrogen) atoms. The summed E-state index contributed by atoms with van der Waals surface area (Å²) in [6, 6.07) is 72.5. The second-order valence-corrected chi connectivity index (χ2v) is 27.0. The summed E-state index contributed by atoms with van der Waals surface area (Å²) in [6.07, 6.45) is 1.94. The van der Waals surface area contributed by atoms with E-state index in [0.717, 1.165) is 45.3 Å². The van der Waals surface area contributed by atoms with Crippen LogP contribution in [0.1, 0.15) is 111 Å². The van der Waals surface area contributed by atoms with Gasteiger partial charge in [0.05, 0.1) is 27.8 Å². The third-order valence-corrected chi connectivity index (χ3v) is 17.2. The zero-order chi connectivity index (χ0) is 57.2. The number of para-hydroxylation sites is 2. The summed E-state index contributed by atoms with van der Waals surface area (Å²) in [4.78, 5) is 7.49. The van der Waals surface area contributed by atoms with Crippen molar-refractivity contribution in [1.29, 1.82) is 0 Å². The first-order chi connectivity index (χ1) is 39.1. The van der Waals surface area contributed by atoms with Crippen LogP contribution in [0.3, 0.4) is 0 Å². The Labute approximate surface area is 483 Å². The van der Waals surface area contributed by atoms with Crippen molar-refractivity contribution in [2.45, 2.75) is 118 Å². The Hall–Kier alpha value is -8.67. The molecular weight excluding hydrogens is 997 g/mol. The summed E-state index contributed by atoms with van der Waals surface area (Å²) in [5, 5.41) is 9.61. The normalized spacial score (nSPS) is 13.1. The Kier molecular flexibility index (Phi) is 12.4. The summed E-state index contributed by atoms with van der Waals surface area (Å²) >= 11 is 0. The lowest BCUT2D eigenvalue weighted by Gasteiger charge is -2.28. The highest BCUT2D eigenvalue weighted by Crippen LogP contribution is 2.48. The van der Waals surface area contributed by atoms with Crippen LogP contribution in [0.2, 0.25) is 0 Å². The van der Waals surface area contributed by atoms with Gasteiger partial charge in [0.15, 0.2) is 0 Å². The minimum absolute atomic E-state index is 0.0348. The molecule has 0 amide bonds. The molecule has 0 radical (unpaired) electrons. The van der Waals surface area contributed by atoms with Crippen LogP contribution in [-0.2, 0) is 28.3 Å². The van der Waals surface area contributed by atoms with Crippen LogP contribution in [0.25, 0.3) is 93.2 Å². The Bertz CT molecular complexity index is 4590. The minimum atomic E-state index is -0.155. The van der Waals surface area contributed by atoms with Gasteiger partial charge in [-0.2, -0.15) is 0 Å². The molecule has 3 aromatic heterocycles. The van der Waals surface area contributed by atoms with Gasteiger partial charge >= 0.3 is 0 Å². The van der Waals surface area contributed by atoms with Gasteiger partial charge < -0.3 is 14.2 Å². The fraction of sp³-hybridized carbons (Fsp3) is 0.234. The van der Waals surface area contributed by atoms with Crippen molar-refractivity contribution in [2.24, 2.45) is 0 Å². The molecule has 4 heterocycles. The molecule has 1 aliphatic rings. The Balaban J connectivity index is 1.07. The van der Waals surface area contributed by atoms with Crippen molar-refractivity contribution in [3.8, 4) is 39.6 Å². The molecule has 0 aliphatic carbocycles. The monoisotopic (exact) mass is 1070 g/mol. The van der Waals surface area contributed by atoms with Crippen molar-refractivity contribution in [1.82, 2.24) is 14.1 Å². The summed E-state index contributed by atoms with van der Waals surface area (Å²) in [6.45, 7) is 30.7. The number of hydrogen-bond donors (Lipinski definition) is 0. The van der Waals surface area contributed by atoms with E-state index >= 15 is 0 Å². The molecule has 13 rings (SSSR count). The van der Waals surface area contributed by atoms with Crippen LogP contribution in [0, 0.1) is 6.92 Å². The van der Waals surface area contributed by atoms with Crippen LogP contribution >= 0.6 is 0 Å². The maximum absolute atomic E-state index is 7.13. The largest absolute Gasteiger partial charge is 0.457 e. The fourth-order valence-corrected chi connectivity index (χ4v) is 12.5. The maximum atomic E-state index is 7.13. The zero-order valence-corrected chi connectivity index (χ0v) is 50.0. The van der Waals surface area contributed by atoms with Crippen molar-refractivity contribution >= 4 is 76.5 Å². The van der Waals surface area contributed by atoms with Gasteiger partial charge in [0.2, 0.25) is 0 Å². The number of rotatable bonds is 6. The fourth-order valence-electron chi connectivity index (χ4n) is 12.5. The molecule has 0 unspecified atom stereocenters. The van der Waals surface area contributed by atoms with Crippen LogP contribution < -0.4 is 9.64 Å². The van der Waals surface area contributed by atoms with Gasteiger partial charge in [0.1, 0.15) is 24.0 Å². The first-order valence-electron chi connectivity index (χ1n) is 29.2. The van der Waals surface area contributed by atoms with E-state index in [0.29, 0.717) is 6.67 Å². The standard InChI is InChI=1S/C77H74N4O/c1-48-69(36-35-63-61-29-19-20-31-67(61)81(71(48)63)70-45-52(37-38-78-70)74(2,3)4)82-57-26-21-25-56(46-57)79-47-80-72-64(51-39-53(75(5,6)7)42-54(40-51)76(8,9)10)43-55(77(11,12)13)44-66(72)59-28-18-17-27-58(59)65-41-50(49-23-15-14-16-24-49)33-34-60(65)62-30-22-32-68(79)73(62)80/h14-46H,47H2,1-13H3. The van der Waals surface area contributed by atoms with Crippen molar-refractivity contribution in [3.63, 3.8) is 0 Å². The number of aromatic nitrogens is 3. The number of benzene rings is 9. The second kappa shape index (κ2) is 19.2. The number of aryl methyl sites for hydroxylation is 1. The average molecular weight is 1070 g/mol. The number of fused-ring (bicyclic) bond motifs is 10. The lowest BCUT2D eigenvalue weighted by atomic mass is 9.78. The molecular formula is C77H74N4O. The van der Waals surface area contributed by atoms with E-state index in [4.69, 9.17) is 9.72 Å². The lowest BCUT2D eigenvalue weighted by molar-refractivity contribution is 0.479. The third kappa shape index (κ3) is 9.06. The molecule has 1 aliphatic heterocycles. The van der Waals surface area contributed by atoms with Crippen molar-refractivity contribution in [2.75, 3.05) is 4.90 Å². The van der Waals surface area contributed by atoms with E-state index in [1.165, 1.54) is 98.6 Å². The molecule has 0 fully saturated rings. The molecule has 0 N–H and O–H groups in total. The average Bonchev–Trinajstić information content (AvgIpc) is 3.97. The van der Waals surface area contributed by atoms with Gasteiger partial charge in [0, 0.05) is 50.6 Å². The van der Waals surface area contributed by atoms with Crippen LogP contribution in [-0.4, -0.2) is 14.1 Å².